The van der Waals surface area contributed by atoms with Crippen LogP contribution in [0.3, 0.4) is 0 Å². The minimum absolute atomic E-state index is 0.0140. The summed E-state index contributed by atoms with van der Waals surface area (Å²) in [5.74, 6) is -0.639. The Morgan fingerprint density at radius 1 is 0.892 bits per heavy atom. The van der Waals surface area contributed by atoms with Crippen molar-refractivity contribution in [2.45, 2.75) is 16.7 Å². The molecule has 0 aromatic heterocycles. The maximum atomic E-state index is 13.1. The van der Waals surface area contributed by atoms with E-state index in [4.69, 9.17) is 27.9 Å². The molecule has 1 saturated heterocycles. The number of hydrogen-bond donors (Lipinski definition) is 2. The first-order valence-electron chi connectivity index (χ1n) is 11.1. The third kappa shape index (κ3) is 6.25. The van der Waals surface area contributed by atoms with E-state index in [0.717, 1.165) is 0 Å². The highest BCUT2D eigenvalue weighted by Crippen LogP contribution is 2.27. The molecule has 0 atom stereocenters. The van der Waals surface area contributed by atoms with E-state index in [1.54, 1.807) is 6.92 Å². The summed E-state index contributed by atoms with van der Waals surface area (Å²) in [4.78, 5) is 13.2. The van der Waals surface area contributed by atoms with Gasteiger partial charge in [-0.25, -0.2) is 16.8 Å². The van der Waals surface area contributed by atoms with Gasteiger partial charge in [0.25, 0.3) is 15.9 Å². The molecule has 3 aromatic rings. The van der Waals surface area contributed by atoms with Crippen LogP contribution in [0.1, 0.15) is 15.9 Å². The Morgan fingerprint density at radius 3 is 2.19 bits per heavy atom. The number of morpholine rings is 1. The number of amides is 1. The predicted molar refractivity (Wildman–Crippen MR) is 142 cm³/mol. The molecule has 1 aliphatic rings. The highest BCUT2D eigenvalue weighted by atomic mass is 35.5. The number of rotatable bonds is 7. The lowest BCUT2D eigenvalue weighted by molar-refractivity contribution is 0.0730. The number of anilines is 2. The van der Waals surface area contributed by atoms with Crippen molar-refractivity contribution in [2.24, 2.45) is 0 Å². The molecule has 9 nitrogen and oxygen atoms in total. The molecule has 3 aromatic carbocycles. The Labute approximate surface area is 225 Å². The minimum atomic E-state index is -4.02. The molecule has 13 heteroatoms. The van der Waals surface area contributed by atoms with Crippen molar-refractivity contribution in [3.63, 3.8) is 0 Å². The summed E-state index contributed by atoms with van der Waals surface area (Å²) in [6, 6.07) is 14.2. The van der Waals surface area contributed by atoms with Crippen molar-refractivity contribution < 1.29 is 26.4 Å². The van der Waals surface area contributed by atoms with E-state index in [-0.39, 0.29) is 39.2 Å². The smallest absolute Gasteiger partial charge is 0.261 e. The molecular weight excluding hydrogens is 561 g/mol. The Bertz CT molecular complexity index is 1540. The van der Waals surface area contributed by atoms with Crippen LogP contribution < -0.4 is 10.0 Å². The number of carbonyl (C=O) groups is 1. The first kappa shape index (κ1) is 27.4. The maximum absolute atomic E-state index is 13.1. The Morgan fingerprint density at radius 2 is 1.54 bits per heavy atom. The lowest BCUT2D eigenvalue weighted by Gasteiger charge is -2.26. The van der Waals surface area contributed by atoms with Crippen molar-refractivity contribution in [3.05, 3.63) is 81.8 Å². The van der Waals surface area contributed by atoms with Gasteiger partial charge >= 0.3 is 0 Å². The van der Waals surface area contributed by atoms with Gasteiger partial charge in [-0.2, -0.15) is 4.31 Å². The van der Waals surface area contributed by atoms with Crippen LogP contribution in [0.2, 0.25) is 10.0 Å². The van der Waals surface area contributed by atoms with E-state index in [2.05, 4.69) is 10.0 Å². The molecular formula is C24H23Cl2N3O6S2. The number of carbonyl (C=O) groups excluding carboxylic acids is 1. The van der Waals surface area contributed by atoms with E-state index >= 15 is 0 Å². The fraction of sp³-hybridized carbons (Fsp3) is 0.208. The second-order valence-electron chi connectivity index (χ2n) is 8.20. The van der Waals surface area contributed by atoms with E-state index in [1.807, 2.05) is 0 Å². The van der Waals surface area contributed by atoms with Crippen LogP contribution in [-0.4, -0.2) is 53.4 Å². The summed E-state index contributed by atoms with van der Waals surface area (Å²) in [5, 5.41) is 3.28. The normalized spacial score (nSPS) is 14.8. The van der Waals surface area contributed by atoms with E-state index in [0.29, 0.717) is 29.5 Å². The molecule has 4 rings (SSSR count). The largest absolute Gasteiger partial charge is 0.379 e. The van der Waals surface area contributed by atoms with Crippen LogP contribution in [0.4, 0.5) is 11.4 Å². The van der Waals surface area contributed by atoms with Gasteiger partial charge in [0.2, 0.25) is 10.0 Å². The highest BCUT2D eigenvalue weighted by Gasteiger charge is 2.28. The number of hydrogen-bond acceptors (Lipinski definition) is 6. The Kier molecular flexibility index (Phi) is 8.12. The Hall–Kier alpha value is -2.67. The topological polar surface area (TPSA) is 122 Å². The predicted octanol–water partition coefficient (Wildman–Crippen LogP) is 4.38. The van der Waals surface area contributed by atoms with Crippen molar-refractivity contribution >= 4 is 60.5 Å². The van der Waals surface area contributed by atoms with Gasteiger partial charge in [0, 0.05) is 28.8 Å². The molecule has 0 unspecified atom stereocenters. The van der Waals surface area contributed by atoms with Crippen molar-refractivity contribution in [1.82, 2.24) is 4.31 Å². The Balaban J connectivity index is 1.57. The summed E-state index contributed by atoms with van der Waals surface area (Å²) in [6.07, 6.45) is 0. The zero-order chi connectivity index (χ0) is 26.8. The van der Waals surface area contributed by atoms with E-state index in [1.165, 1.54) is 65.0 Å². The molecule has 0 aliphatic carbocycles. The van der Waals surface area contributed by atoms with E-state index < -0.39 is 26.0 Å². The van der Waals surface area contributed by atoms with Gasteiger partial charge in [-0.3, -0.25) is 9.52 Å². The molecule has 2 N–H and O–H groups in total. The van der Waals surface area contributed by atoms with Gasteiger partial charge < -0.3 is 10.1 Å². The van der Waals surface area contributed by atoms with Gasteiger partial charge in [0.1, 0.15) is 0 Å². The van der Waals surface area contributed by atoms with Crippen LogP contribution >= 0.6 is 23.2 Å². The fourth-order valence-corrected chi connectivity index (χ4v) is 6.74. The summed E-state index contributed by atoms with van der Waals surface area (Å²) < 4.78 is 60.7. The molecule has 1 amide bonds. The van der Waals surface area contributed by atoms with Gasteiger partial charge in [0.15, 0.2) is 0 Å². The molecule has 37 heavy (non-hydrogen) atoms. The van der Waals surface area contributed by atoms with Crippen molar-refractivity contribution in [3.8, 4) is 0 Å². The zero-order valence-electron chi connectivity index (χ0n) is 19.6. The maximum Gasteiger partial charge on any atom is 0.261 e. The quantitative estimate of drug-likeness (QED) is 0.425. The number of benzene rings is 3. The first-order chi connectivity index (χ1) is 17.5. The number of nitrogens with zero attached hydrogens (tertiary/aromatic N) is 1. The number of nitrogens with one attached hydrogen (secondary N) is 2. The van der Waals surface area contributed by atoms with E-state index in [9.17, 15) is 21.6 Å². The number of ether oxygens (including phenoxy) is 1. The molecule has 1 fully saturated rings. The second kappa shape index (κ2) is 11.0. The molecule has 0 spiro atoms. The van der Waals surface area contributed by atoms with Crippen molar-refractivity contribution in [1.29, 1.82) is 0 Å². The fourth-order valence-electron chi connectivity index (χ4n) is 3.75. The van der Waals surface area contributed by atoms with Gasteiger partial charge in [0.05, 0.1) is 34.3 Å². The standard InChI is InChI=1S/C24H23Cl2N3O6S2/c1-16-14-19(5-9-23(16)37(33,34)29-10-12-35-13-11-29)27-24(30)21-15-18(26)4-8-22(21)28-36(31,32)20-6-2-17(25)3-7-20/h2-9,14-15,28H,10-13H2,1H3,(H,27,30). The third-order valence-corrected chi connectivity index (χ3v) is 9.54. The lowest BCUT2D eigenvalue weighted by Crippen LogP contribution is -2.40. The average Bonchev–Trinajstić information content (AvgIpc) is 2.85. The zero-order valence-corrected chi connectivity index (χ0v) is 22.7. The molecule has 0 saturated carbocycles. The SMILES string of the molecule is Cc1cc(NC(=O)c2cc(Cl)ccc2NS(=O)(=O)c2ccc(Cl)cc2)ccc1S(=O)(=O)N1CCOCC1. The summed E-state index contributed by atoms with van der Waals surface area (Å²) in [5.41, 5.74) is 0.766. The average molecular weight is 585 g/mol. The summed E-state index contributed by atoms with van der Waals surface area (Å²) in [6.45, 7) is 2.83. The summed E-state index contributed by atoms with van der Waals surface area (Å²) in [7, 11) is -7.74. The van der Waals surface area contributed by atoms with Crippen LogP contribution in [0.5, 0.6) is 0 Å². The second-order valence-corrected chi connectivity index (χ2v) is 12.7. The molecule has 1 aliphatic heterocycles. The third-order valence-electron chi connectivity index (χ3n) is 5.62. The first-order valence-corrected chi connectivity index (χ1v) is 14.7. The van der Waals surface area contributed by atoms with Crippen LogP contribution in [-0.2, 0) is 24.8 Å². The number of aryl methyl sites for hydroxylation is 1. The van der Waals surface area contributed by atoms with Gasteiger partial charge in [-0.05, 0) is 73.2 Å². The molecule has 0 radical (unpaired) electrons. The molecule has 0 bridgehead atoms. The highest BCUT2D eigenvalue weighted by molar-refractivity contribution is 7.92. The molecule has 196 valence electrons. The van der Waals surface area contributed by atoms with Crippen LogP contribution in [0.25, 0.3) is 0 Å². The van der Waals surface area contributed by atoms with Crippen LogP contribution in [0, 0.1) is 6.92 Å². The number of sulfonamides is 2. The van der Waals surface area contributed by atoms with Crippen LogP contribution in [0.15, 0.2) is 70.5 Å². The molecule has 1 heterocycles. The number of halogens is 2. The van der Waals surface area contributed by atoms with Crippen molar-refractivity contribution in [2.75, 3.05) is 36.3 Å². The van der Waals surface area contributed by atoms with Gasteiger partial charge in [-0.15, -0.1) is 0 Å². The summed E-state index contributed by atoms with van der Waals surface area (Å²) >= 11 is 11.9. The van der Waals surface area contributed by atoms with Gasteiger partial charge in [-0.1, -0.05) is 23.2 Å². The lowest BCUT2D eigenvalue weighted by atomic mass is 10.1. The monoisotopic (exact) mass is 583 g/mol. The minimum Gasteiger partial charge on any atom is -0.379 e.